The van der Waals surface area contributed by atoms with E-state index in [0.29, 0.717) is 18.2 Å². The standard InChI is InChI=1S/C23H31FN4O2/c1-3-26-23(28(2)12-8-18-9-13-29-14-10-18)27-16-19-6-7-22(21(24)15-19)30-20-5-4-11-25-17-20/h4-7,11,15,17-18H,3,8-10,12-14,16H2,1-2H3,(H,26,27). The van der Waals surface area contributed by atoms with Crippen LogP contribution in [0.4, 0.5) is 4.39 Å². The Morgan fingerprint density at radius 2 is 2.17 bits per heavy atom. The van der Waals surface area contributed by atoms with E-state index in [0.717, 1.165) is 57.1 Å². The van der Waals surface area contributed by atoms with E-state index in [4.69, 9.17) is 14.5 Å². The van der Waals surface area contributed by atoms with Gasteiger partial charge in [0.1, 0.15) is 5.75 Å². The highest BCUT2D eigenvalue weighted by Crippen LogP contribution is 2.24. The van der Waals surface area contributed by atoms with Gasteiger partial charge in [-0.3, -0.25) is 4.98 Å². The van der Waals surface area contributed by atoms with Crippen molar-refractivity contribution in [3.63, 3.8) is 0 Å². The van der Waals surface area contributed by atoms with E-state index in [1.165, 1.54) is 6.07 Å². The molecular formula is C23H31FN4O2. The first-order valence-electron chi connectivity index (χ1n) is 10.6. The molecule has 1 aliphatic rings. The van der Waals surface area contributed by atoms with Crippen molar-refractivity contribution in [2.75, 3.05) is 33.4 Å². The highest BCUT2D eigenvalue weighted by atomic mass is 19.1. The number of pyridine rings is 1. The summed E-state index contributed by atoms with van der Waals surface area (Å²) in [5.41, 5.74) is 0.791. The maximum atomic E-state index is 14.5. The molecule has 0 unspecified atom stereocenters. The maximum Gasteiger partial charge on any atom is 0.193 e. The molecule has 0 saturated carbocycles. The minimum absolute atomic E-state index is 0.177. The summed E-state index contributed by atoms with van der Waals surface area (Å²) in [6, 6.07) is 8.43. The van der Waals surface area contributed by atoms with Crippen LogP contribution in [0.25, 0.3) is 0 Å². The lowest BCUT2D eigenvalue weighted by Gasteiger charge is -2.26. The van der Waals surface area contributed by atoms with Gasteiger partial charge in [-0.15, -0.1) is 0 Å². The molecule has 1 aromatic carbocycles. The fourth-order valence-corrected chi connectivity index (χ4v) is 3.41. The quantitative estimate of drug-likeness (QED) is 0.518. The van der Waals surface area contributed by atoms with E-state index in [9.17, 15) is 4.39 Å². The summed E-state index contributed by atoms with van der Waals surface area (Å²) >= 11 is 0. The lowest BCUT2D eigenvalue weighted by atomic mass is 9.96. The topological polar surface area (TPSA) is 59.0 Å². The Morgan fingerprint density at radius 3 is 2.87 bits per heavy atom. The molecule has 7 heteroatoms. The summed E-state index contributed by atoms with van der Waals surface area (Å²) in [6.45, 7) is 5.90. The molecule has 0 bridgehead atoms. The Labute approximate surface area is 178 Å². The van der Waals surface area contributed by atoms with Gasteiger partial charge in [-0.25, -0.2) is 9.38 Å². The summed E-state index contributed by atoms with van der Waals surface area (Å²) in [5, 5.41) is 3.32. The van der Waals surface area contributed by atoms with Gasteiger partial charge >= 0.3 is 0 Å². The number of rotatable bonds is 8. The van der Waals surface area contributed by atoms with Crippen molar-refractivity contribution in [3.05, 3.63) is 54.1 Å². The van der Waals surface area contributed by atoms with Crippen molar-refractivity contribution < 1.29 is 13.9 Å². The lowest BCUT2D eigenvalue weighted by molar-refractivity contribution is 0.0625. The van der Waals surface area contributed by atoms with Crippen LogP contribution in [0.3, 0.4) is 0 Å². The van der Waals surface area contributed by atoms with Crippen LogP contribution < -0.4 is 10.1 Å². The smallest absolute Gasteiger partial charge is 0.193 e. The first kappa shape index (κ1) is 22.0. The fourth-order valence-electron chi connectivity index (χ4n) is 3.41. The van der Waals surface area contributed by atoms with Gasteiger partial charge in [0.05, 0.1) is 12.7 Å². The van der Waals surface area contributed by atoms with Gasteiger partial charge in [0.2, 0.25) is 0 Å². The van der Waals surface area contributed by atoms with Crippen LogP contribution in [0.15, 0.2) is 47.7 Å². The largest absolute Gasteiger partial charge is 0.453 e. The second-order valence-electron chi connectivity index (χ2n) is 7.49. The Morgan fingerprint density at radius 1 is 1.33 bits per heavy atom. The van der Waals surface area contributed by atoms with E-state index >= 15 is 0 Å². The second-order valence-corrected chi connectivity index (χ2v) is 7.49. The fraction of sp³-hybridized carbons (Fsp3) is 0.478. The van der Waals surface area contributed by atoms with Gasteiger partial charge in [0, 0.05) is 39.5 Å². The molecule has 6 nitrogen and oxygen atoms in total. The van der Waals surface area contributed by atoms with E-state index in [2.05, 4.69) is 15.2 Å². The average Bonchev–Trinajstić information content (AvgIpc) is 2.78. The summed E-state index contributed by atoms with van der Waals surface area (Å²) in [5.74, 6) is 1.81. The molecule has 1 saturated heterocycles. The van der Waals surface area contributed by atoms with Crippen LogP contribution >= 0.6 is 0 Å². The van der Waals surface area contributed by atoms with Crippen LogP contribution in [-0.4, -0.2) is 49.2 Å². The Bertz CT molecular complexity index is 810. The number of aliphatic imine (C=N–C) groups is 1. The average molecular weight is 415 g/mol. The van der Waals surface area contributed by atoms with Gasteiger partial charge < -0.3 is 19.7 Å². The zero-order valence-electron chi connectivity index (χ0n) is 17.8. The molecule has 0 aliphatic carbocycles. The Kier molecular flexibility index (Phi) is 8.44. The summed E-state index contributed by atoms with van der Waals surface area (Å²) in [7, 11) is 2.05. The SMILES string of the molecule is CCNC(=NCc1ccc(Oc2cccnc2)c(F)c1)N(C)CCC1CCOCC1. The van der Waals surface area contributed by atoms with Crippen molar-refractivity contribution in [2.24, 2.45) is 10.9 Å². The minimum atomic E-state index is -0.413. The molecule has 1 N–H and O–H groups in total. The molecule has 30 heavy (non-hydrogen) atoms. The third kappa shape index (κ3) is 6.69. The first-order valence-corrected chi connectivity index (χ1v) is 10.6. The number of aromatic nitrogens is 1. The van der Waals surface area contributed by atoms with Gasteiger partial charge in [-0.05, 0) is 61.9 Å². The van der Waals surface area contributed by atoms with Crippen LogP contribution in [0.5, 0.6) is 11.5 Å². The van der Waals surface area contributed by atoms with Crippen molar-refractivity contribution in [3.8, 4) is 11.5 Å². The minimum Gasteiger partial charge on any atom is -0.453 e. The number of hydrogen-bond donors (Lipinski definition) is 1. The van der Waals surface area contributed by atoms with E-state index in [-0.39, 0.29) is 5.75 Å². The number of ether oxygens (including phenoxy) is 2. The normalized spacial score (nSPS) is 15.1. The zero-order valence-corrected chi connectivity index (χ0v) is 17.8. The van der Waals surface area contributed by atoms with Crippen molar-refractivity contribution >= 4 is 5.96 Å². The highest BCUT2D eigenvalue weighted by Gasteiger charge is 2.15. The third-order valence-electron chi connectivity index (χ3n) is 5.18. The molecule has 3 rings (SSSR count). The van der Waals surface area contributed by atoms with Gasteiger partial charge in [0.15, 0.2) is 17.5 Å². The van der Waals surface area contributed by atoms with Gasteiger partial charge in [-0.2, -0.15) is 0 Å². The van der Waals surface area contributed by atoms with Gasteiger partial charge in [-0.1, -0.05) is 6.07 Å². The molecule has 2 aromatic rings. The number of nitrogens with one attached hydrogen (secondary N) is 1. The number of benzene rings is 1. The molecule has 0 atom stereocenters. The van der Waals surface area contributed by atoms with E-state index < -0.39 is 5.82 Å². The highest BCUT2D eigenvalue weighted by molar-refractivity contribution is 5.79. The first-order chi connectivity index (χ1) is 14.7. The molecule has 0 amide bonds. The second kappa shape index (κ2) is 11.5. The predicted molar refractivity (Wildman–Crippen MR) is 116 cm³/mol. The molecule has 162 valence electrons. The Hall–Kier alpha value is -2.67. The monoisotopic (exact) mass is 414 g/mol. The van der Waals surface area contributed by atoms with E-state index in [1.54, 1.807) is 30.6 Å². The molecule has 1 aromatic heterocycles. The molecule has 2 heterocycles. The van der Waals surface area contributed by atoms with Crippen molar-refractivity contribution in [2.45, 2.75) is 32.7 Å². The van der Waals surface area contributed by atoms with E-state index in [1.807, 2.05) is 20.0 Å². The molecule has 1 aliphatic heterocycles. The molecular weight excluding hydrogens is 383 g/mol. The van der Waals surface area contributed by atoms with Crippen LogP contribution in [0.2, 0.25) is 0 Å². The van der Waals surface area contributed by atoms with Crippen LogP contribution in [-0.2, 0) is 11.3 Å². The molecule has 0 spiro atoms. The zero-order chi connectivity index (χ0) is 21.2. The van der Waals surface area contributed by atoms with Gasteiger partial charge in [0.25, 0.3) is 0 Å². The van der Waals surface area contributed by atoms with Crippen molar-refractivity contribution in [1.82, 2.24) is 15.2 Å². The summed E-state index contributed by atoms with van der Waals surface area (Å²) in [4.78, 5) is 10.8. The lowest BCUT2D eigenvalue weighted by Crippen LogP contribution is -2.40. The summed E-state index contributed by atoms with van der Waals surface area (Å²) in [6.07, 6.45) is 6.59. The predicted octanol–water partition coefficient (Wildman–Crippen LogP) is 4.23. The summed E-state index contributed by atoms with van der Waals surface area (Å²) < 4.78 is 25.5. The molecule has 0 radical (unpaired) electrons. The third-order valence-corrected chi connectivity index (χ3v) is 5.18. The van der Waals surface area contributed by atoms with Crippen LogP contribution in [0, 0.1) is 11.7 Å². The van der Waals surface area contributed by atoms with Crippen LogP contribution in [0.1, 0.15) is 31.7 Å². The molecule has 1 fully saturated rings. The number of guanidine groups is 1. The number of halogens is 1. The Balaban J connectivity index is 1.58. The van der Waals surface area contributed by atoms with Crippen molar-refractivity contribution in [1.29, 1.82) is 0 Å². The number of nitrogens with zero attached hydrogens (tertiary/aromatic N) is 3. The maximum absolute atomic E-state index is 14.5. The number of hydrogen-bond acceptors (Lipinski definition) is 4.